The molecule has 2 rings (SSSR count). The molecule has 0 aliphatic carbocycles. The van der Waals surface area contributed by atoms with Crippen molar-refractivity contribution in [3.8, 4) is 0 Å². The number of halogens is 2. The lowest BCUT2D eigenvalue weighted by Crippen LogP contribution is -2.40. The van der Waals surface area contributed by atoms with Crippen LogP contribution in [0.3, 0.4) is 0 Å². The number of aromatic amines is 1. The van der Waals surface area contributed by atoms with Crippen molar-refractivity contribution in [2.24, 2.45) is 5.41 Å². The van der Waals surface area contributed by atoms with E-state index in [2.05, 4.69) is 28.7 Å². The van der Waals surface area contributed by atoms with Gasteiger partial charge in [-0.05, 0) is 19.5 Å². The van der Waals surface area contributed by atoms with Gasteiger partial charge in [0.05, 0.1) is 0 Å². The molecule has 0 spiro atoms. The van der Waals surface area contributed by atoms with E-state index in [0.717, 1.165) is 0 Å². The summed E-state index contributed by atoms with van der Waals surface area (Å²) >= 11 is 5.62. The van der Waals surface area contributed by atoms with Crippen LogP contribution in [0.25, 0.3) is 0 Å². The minimum atomic E-state index is -0.670. The lowest BCUT2D eigenvalue weighted by Gasteiger charge is -2.30. The predicted octanol–water partition coefficient (Wildman–Crippen LogP) is 1.34. The molecule has 0 aromatic carbocycles. The van der Waals surface area contributed by atoms with Gasteiger partial charge in [0, 0.05) is 19.1 Å². The summed E-state index contributed by atoms with van der Waals surface area (Å²) in [6, 6.07) is 0.266. The first-order valence-corrected chi connectivity index (χ1v) is 6.47. The highest BCUT2D eigenvalue weighted by atomic mass is 35.5. The van der Waals surface area contributed by atoms with E-state index in [1.54, 1.807) is 0 Å². The van der Waals surface area contributed by atoms with Crippen molar-refractivity contribution in [2.45, 2.75) is 19.9 Å². The molecule has 106 valence electrons. The number of rotatable bonds is 2. The number of hydrogen-bond acceptors (Lipinski definition) is 4. The first-order valence-electron chi connectivity index (χ1n) is 6.09. The number of likely N-dealkylation sites (N-methyl/N-ethyl adjacent to an activating group) is 1. The van der Waals surface area contributed by atoms with E-state index in [1.165, 1.54) is 0 Å². The Morgan fingerprint density at radius 3 is 2.68 bits per heavy atom. The molecular formula is C12H18ClFN4O. The number of H-pyrrole nitrogens is 1. The molecule has 7 heteroatoms. The average molecular weight is 289 g/mol. The number of aromatic nitrogens is 2. The lowest BCUT2D eigenvalue weighted by molar-refractivity contribution is 0.188. The van der Waals surface area contributed by atoms with Crippen LogP contribution < -0.4 is 10.6 Å². The van der Waals surface area contributed by atoms with E-state index in [9.17, 15) is 9.18 Å². The molecule has 1 aromatic heterocycles. The van der Waals surface area contributed by atoms with Gasteiger partial charge in [-0.2, -0.15) is 9.37 Å². The zero-order valence-corrected chi connectivity index (χ0v) is 12.3. The van der Waals surface area contributed by atoms with Gasteiger partial charge in [0.2, 0.25) is 5.82 Å². The van der Waals surface area contributed by atoms with Gasteiger partial charge < -0.3 is 9.80 Å². The monoisotopic (exact) mass is 288 g/mol. The Morgan fingerprint density at radius 2 is 2.16 bits per heavy atom. The fourth-order valence-corrected chi connectivity index (χ4v) is 2.95. The third kappa shape index (κ3) is 2.60. The Morgan fingerprint density at radius 1 is 1.53 bits per heavy atom. The molecule has 19 heavy (non-hydrogen) atoms. The maximum Gasteiger partial charge on any atom is 0.348 e. The molecule has 1 aromatic rings. The maximum atomic E-state index is 14.0. The zero-order valence-electron chi connectivity index (χ0n) is 11.5. The Bertz CT molecular complexity index is 543. The fourth-order valence-electron chi connectivity index (χ4n) is 2.79. The molecular weight excluding hydrogens is 271 g/mol. The predicted molar refractivity (Wildman–Crippen MR) is 73.3 cm³/mol. The summed E-state index contributed by atoms with van der Waals surface area (Å²) in [6.07, 6.45) is 0. The molecule has 0 amide bonds. The average Bonchev–Trinajstić information content (AvgIpc) is 2.59. The van der Waals surface area contributed by atoms with E-state index in [0.29, 0.717) is 13.1 Å². The number of anilines is 1. The van der Waals surface area contributed by atoms with Gasteiger partial charge in [0.25, 0.3) is 0 Å². The van der Waals surface area contributed by atoms with Gasteiger partial charge in [0.15, 0.2) is 5.15 Å². The third-order valence-corrected chi connectivity index (χ3v) is 3.90. The molecule has 0 radical (unpaired) electrons. The van der Waals surface area contributed by atoms with Gasteiger partial charge in [-0.25, -0.2) is 4.79 Å². The fraction of sp³-hybridized carbons (Fsp3) is 0.667. The second kappa shape index (κ2) is 4.76. The SMILES string of the molecule is CN(C)C1CN(c2[nH]c(=O)nc(Cl)c2F)CC1(C)C. The summed E-state index contributed by atoms with van der Waals surface area (Å²) < 4.78 is 14.0. The van der Waals surface area contributed by atoms with Crippen LogP contribution in [0, 0.1) is 11.2 Å². The van der Waals surface area contributed by atoms with Crippen LogP contribution >= 0.6 is 11.6 Å². The van der Waals surface area contributed by atoms with E-state index < -0.39 is 11.5 Å². The van der Waals surface area contributed by atoms with Gasteiger partial charge in [-0.15, -0.1) is 0 Å². The standard InChI is InChI=1S/C12H18ClFN4O/c1-12(2)6-18(5-7(12)17(3)4)10-8(14)9(13)15-11(19)16-10/h7H,5-6H2,1-4H3,(H,15,16,19). The number of nitrogens with zero attached hydrogens (tertiary/aromatic N) is 3. The highest BCUT2D eigenvalue weighted by molar-refractivity contribution is 6.29. The molecule has 0 bridgehead atoms. The topological polar surface area (TPSA) is 52.2 Å². The van der Waals surface area contributed by atoms with Crippen molar-refractivity contribution < 1.29 is 4.39 Å². The van der Waals surface area contributed by atoms with E-state index in [4.69, 9.17) is 11.6 Å². The van der Waals surface area contributed by atoms with Crippen LogP contribution in [0.5, 0.6) is 0 Å². The van der Waals surface area contributed by atoms with Crippen LogP contribution in [-0.4, -0.2) is 48.1 Å². The zero-order chi connectivity index (χ0) is 14.4. The summed E-state index contributed by atoms with van der Waals surface area (Å²) in [4.78, 5) is 21.0. The molecule has 2 heterocycles. The van der Waals surface area contributed by atoms with E-state index >= 15 is 0 Å². The summed E-state index contributed by atoms with van der Waals surface area (Å²) in [5, 5.41) is -0.384. The molecule has 1 unspecified atom stereocenters. The van der Waals surface area contributed by atoms with E-state index in [1.807, 2.05) is 19.0 Å². The van der Waals surface area contributed by atoms with Crippen LogP contribution in [0.2, 0.25) is 5.15 Å². The highest BCUT2D eigenvalue weighted by Gasteiger charge is 2.41. The minimum absolute atomic E-state index is 0.0113. The quantitative estimate of drug-likeness (QED) is 0.835. The number of nitrogens with one attached hydrogen (secondary N) is 1. The van der Waals surface area contributed by atoms with Gasteiger partial charge in [-0.3, -0.25) is 4.98 Å². The van der Waals surface area contributed by atoms with Crippen LogP contribution in [0.4, 0.5) is 10.2 Å². The summed E-state index contributed by atoms with van der Waals surface area (Å²) in [6.45, 7) is 5.52. The van der Waals surface area contributed by atoms with Crippen molar-refractivity contribution in [1.29, 1.82) is 0 Å². The third-order valence-electron chi connectivity index (χ3n) is 3.65. The van der Waals surface area contributed by atoms with Crippen LogP contribution in [-0.2, 0) is 0 Å². The molecule has 1 fully saturated rings. The van der Waals surface area contributed by atoms with Crippen molar-refractivity contribution in [3.63, 3.8) is 0 Å². The van der Waals surface area contributed by atoms with Crippen LogP contribution in [0.1, 0.15) is 13.8 Å². The Balaban J connectivity index is 2.38. The van der Waals surface area contributed by atoms with Gasteiger partial charge in [-0.1, -0.05) is 25.4 Å². The second-order valence-electron chi connectivity index (χ2n) is 5.84. The van der Waals surface area contributed by atoms with Gasteiger partial charge >= 0.3 is 5.69 Å². The molecule has 0 saturated carbocycles. The first kappa shape index (κ1) is 14.3. The largest absolute Gasteiger partial charge is 0.353 e. The molecule has 1 saturated heterocycles. The van der Waals surface area contributed by atoms with Crippen molar-refractivity contribution in [2.75, 3.05) is 32.1 Å². The van der Waals surface area contributed by atoms with Gasteiger partial charge in [0.1, 0.15) is 5.82 Å². The summed E-state index contributed by atoms with van der Waals surface area (Å²) in [5.74, 6) is -0.543. The Hall–Kier alpha value is -1.14. The lowest BCUT2D eigenvalue weighted by atomic mass is 9.87. The number of hydrogen-bond donors (Lipinski definition) is 1. The molecule has 1 atom stereocenters. The normalized spacial score (nSPS) is 22.3. The summed E-state index contributed by atoms with van der Waals surface area (Å²) in [5.41, 5.74) is -0.643. The molecule has 1 aliphatic rings. The van der Waals surface area contributed by atoms with Crippen molar-refractivity contribution in [3.05, 3.63) is 21.5 Å². The summed E-state index contributed by atoms with van der Waals surface area (Å²) in [7, 11) is 3.99. The smallest absolute Gasteiger partial charge is 0.348 e. The highest BCUT2D eigenvalue weighted by Crippen LogP contribution is 2.35. The maximum absolute atomic E-state index is 14.0. The minimum Gasteiger partial charge on any atom is -0.353 e. The van der Waals surface area contributed by atoms with Crippen molar-refractivity contribution >= 4 is 17.4 Å². The second-order valence-corrected chi connectivity index (χ2v) is 6.20. The Kier molecular flexibility index (Phi) is 3.57. The first-order chi connectivity index (χ1) is 8.72. The van der Waals surface area contributed by atoms with E-state index in [-0.39, 0.29) is 22.4 Å². The van der Waals surface area contributed by atoms with Crippen LogP contribution in [0.15, 0.2) is 4.79 Å². The molecule has 1 N–H and O–H groups in total. The Labute approximate surface area is 116 Å². The van der Waals surface area contributed by atoms with Crippen molar-refractivity contribution in [1.82, 2.24) is 14.9 Å². The molecule has 5 nitrogen and oxygen atoms in total. The molecule has 1 aliphatic heterocycles.